The Balaban J connectivity index is 1.67. The van der Waals surface area contributed by atoms with Crippen LogP contribution in [-0.2, 0) is 11.2 Å². The van der Waals surface area contributed by atoms with Crippen molar-refractivity contribution in [2.75, 3.05) is 16.8 Å². The predicted molar refractivity (Wildman–Crippen MR) is 102 cm³/mol. The first-order valence-electron chi connectivity index (χ1n) is 8.23. The maximum absolute atomic E-state index is 12.7. The van der Waals surface area contributed by atoms with Crippen LogP contribution in [0.1, 0.15) is 28.7 Å². The molecule has 0 bridgehead atoms. The van der Waals surface area contributed by atoms with E-state index in [1.165, 1.54) is 17.6 Å². The number of anilines is 2. The van der Waals surface area contributed by atoms with Gasteiger partial charge in [0.25, 0.3) is 5.91 Å². The summed E-state index contributed by atoms with van der Waals surface area (Å²) in [6, 6.07) is 11.0. The van der Waals surface area contributed by atoms with E-state index in [0.717, 1.165) is 11.3 Å². The number of nitrogens with one attached hydrogen (secondary N) is 1. The summed E-state index contributed by atoms with van der Waals surface area (Å²) in [5.74, 6) is -0.178. The summed E-state index contributed by atoms with van der Waals surface area (Å²) in [5, 5.41) is 4.89. The van der Waals surface area contributed by atoms with Gasteiger partial charge in [-0.1, -0.05) is 18.2 Å². The lowest BCUT2D eigenvalue weighted by Crippen LogP contribution is -2.32. The molecule has 3 aromatic rings. The third-order valence-electron chi connectivity index (χ3n) is 3.87. The average Bonchev–Trinajstić information content (AvgIpc) is 3.29. The molecule has 2 heterocycles. The Labute approximate surface area is 155 Å². The number of thiazole rings is 1. The highest BCUT2D eigenvalue weighted by Gasteiger charge is 2.18. The Morgan fingerprint density at radius 1 is 1.23 bits per heavy atom. The molecule has 3 rings (SSSR count). The number of amides is 2. The van der Waals surface area contributed by atoms with Crippen molar-refractivity contribution >= 4 is 34.0 Å². The largest absolute Gasteiger partial charge is 0.459 e. The molecular weight excluding hydrogens is 350 g/mol. The van der Waals surface area contributed by atoms with Crippen molar-refractivity contribution in [1.29, 1.82) is 0 Å². The van der Waals surface area contributed by atoms with Gasteiger partial charge in [-0.05, 0) is 37.6 Å². The first-order chi connectivity index (χ1) is 12.6. The van der Waals surface area contributed by atoms with E-state index in [4.69, 9.17) is 4.42 Å². The van der Waals surface area contributed by atoms with Crippen molar-refractivity contribution in [2.24, 2.45) is 0 Å². The minimum absolute atomic E-state index is 0.0315. The molecule has 0 fully saturated rings. The van der Waals surface area contributed by atoms with Gasteiger partial charge >= 0.3 is 0 Å². The average molecular weight is 369 g/mol. The van der Waals surface area contributed by atoms with E-state index in [9.17, 15) is 9.59 Å². The number of furan rings is 1. The number of aryl methyl sites for hydroxylation is 1. The van der Waals surface area contributed by atoms with Gasteiger partial charge < -0.3 is 9.32 Å². The van der Waals surface area contributed by atoms with E-state index in [-0.39, 0.29) is 24.0 Å². The van der Waals surface area contributed by atoms with Crippen molar-refractivity contribution in [3.63, 3.8) is 0 Å². The molecule has 0 aliphatic heterocycles. The summed E-state index contributed by atoms with van der Waals surface area (Å²) in [7, 11) is 0. The van der Waals surface area contributed by atoms with Crippen LogP contribution in [0.25, 0.3) is 0 Å². The molecule has 0 saturated carbocycles. The first-order valence-corrected chi connectivity index (χ1v) is 9.11. The molecule has 2 aromatic heterocycles. The number of likely N-dealkylation sites (N-methyl/N-ethyl adjacent to an activating group) is 1. The molecule has 0 saturated heterocycles. The van der Waals surface area contributed by atoms with Crippen LogP contribution in [0.3, 0.4) is 0 Å². The van der Waals surface area contributed by atoms with Crippen LogP contribution in [0.2, 0.25) is 0 Å². The SMILES string of the molecule is CCN(C(=O)Cc1csc(NC(=O)c2ccco2)n1)c1ccccc1C. The third kappa shape index (κ3) is 4.00. The highest BCUT2D eigenvalue weighted by Crippen LogP contribution is 2.22. The normalized spacial score (nSPS) is 10.5. The lowest BCUT2D eigenvalue weighted by Gasteiger charge is -2.22. The number of para-hydroxylation sites is 1. The van der Waals surface area contributed by atoms with E-state index in [0.29, 0.717) is 17.4 Å². The fraction of sp³-hybridized carbons (Fsp3) is 0.211. The Morgan fingerprint density at radius 3 is 2.73 bits per heavy atom. The van der Waals surface area contributed by atoms with E-state index >= 15 is 0 Å². The van der Waals surface area contributed by atoms with Crippen molar-refractivity contribution in [3.8, 4) is 0 Å². The minimum atomic E-state index is -0.364. The van der Waals surface area contributed by atoms with Crippen molar-refractivity contribution in [2.45, 2.75) is 20.3 Å². The Morgan fingerprint density at radius 2 is 2.04 bits per heavy atom. The standard InChI is InChI=1S/C19H19N3O3S/c1-3-22(15-8-5-4-7-13(15)2)17(23)11-14-12-26-19(20-14)21-18(24)16-9-6-10-25-16/h4-10,12H,3,11H2,1-2H3,(H,20,21,24). The molecule has 26 heavy (non-hydrogen) atoms. The van der Waals surface area contributed by atoms with Crippen LogP contribution < -0.4 is 10.2 Å². The second-order valence-electron chi connectivity index (χ2n) is 5.68. The monoisotopic (exact) mass is 369 g/mol. The maximum atomic E-state index is 12.7. The van der Waals surface area contributed by atoms with E-state index in [1.807, 2.05) is 38.1 Å². The van der Waals surface area contributed by atoms with Crippen LogP contribution >= 0.6 is 11.3 Å². The second kappa shape index (κ2) is 7.97. The molecule has 0 aliphatic carbocycles. The quantitative estimate of drug-likeness (QED) is 0.715. The molecule has 1 N–H and O–H groups in total. The number of carbonyl (C=O) groups excluding carboxylic acids is 2. The number of rotatable bonds is 6. The van der Waals surface area contributed by atoms with Crippen molar-refractivity contribution in [3.05, 3.63) is 65.1 Å². The van der Waals surface area contributed by atoms with Gasteiger partial charge in [0, 0.05) is 17.6 Å². The molecule has 6 nitrogen and oxygen atoms in total. The van der Waals surface area contributed by atoms with E-state index in [2.05, 4.69) is 10.3 Å². The summed E-state index contributed by atoms with van der Waals surface area (Å²) in [6.45, 7) is 4.51. The fourth-order valence-corrected chi connectivity index (χ4v) is 3.32. The maximum Gasteiger partial charge on any atom is 0.293 e. The molecule has 7 heteroatoms. The van der Waals surface area contributed by atoms with Gasteiger partial charge in [0.1, 0.15) is 0 Å². The van der Waals surface area contributed by atoms with Gasteiger partial charge in [0.2, 0.25) is 5.91 Å². The molecule has 0 aliphatic rings. The molecule has 0 atom stereocenters. The molecule has 2 amide bonds. The van der Waals surface area contributed by atoms with Crippen molar-refractivity contribution < 1.29 is 14.0 Å². The summed E-state index contributed by atoms with van der Waals surface area (Å²) < 4.78 is 5.05. The lowest BCUT2D eigenvalue weighted by atomic mass is 10.1. The molecule has 1 aromatic carbocycles. The minimum Gasteiger partial charge on any atom is -0.459 e. The Kier molecular flexibility index (Phi) is 5.48. The fourth-order valence-electron chi connectivity index (χ4n) is 2.61. The van der Waals surface area contributed by atoms with Gasteiger partial charge in [-0.25, -0.2) is 4.98 Å². The highest BCUT2D eigenvalue weighted by atomic mass is 32.1. The Hall–Kier alpha value is -2.93. The molecule has 134 valence electrons. The summed E-state index contributed by atoms with van der Waals surface area (Å²) >= 11 is 1.28. The molecule has 0 unspecified atom stereocenters. The van der Waals surface area contributed by atoms with Gasteiger partial charge in [0.05, 0.1) is 18.4 Å². The second-order valence-corrected chi connectivity index (χ2v) is 6.53. The zero-order chi connectivity index (χ0) is 18.5. The van der Waals surface area contributed by atoms with Crippen LogP contribution in [-0.4, -0.2) is 23.3 Å². The van der Waals surface area contributed by atoms with E-state index < -0.39 is 0 Å². The zero-order valence-electron chi connectivity index (χ0n) is 14.6. The van der Waals surface area contributed by atoms with Gasteiger partial charge in [-0.2, -0.15) is 0 Å². The number of carbonyl (C=O) groups is 2. The number of benzene rings is 1. The van der Waals surface area contributed by atoms with Crippen LogP contribution in [0.4, 0.5) is 10.8 Å². The van der Waals surface area contributed by atoms with Crippen molar-refractivity contribution in [1.82, 2.24) is 4.98 Å². The van der Waals surface area contributed by atoms with Crippen LogP contribution in [0.5, 0.6) is 0 Å². The predicted octanol–water partition coefficient (Wildman–Crippen LogP) is 3.89. The lowest BCUT2D eigenvalue weighted by molar-refractivity contribution is -0.118. The zero-order valence-corrected chi connectivity index (χ0v) is 15.4. The topological polar surface area (TPSA) is 75.4 Å². The number of hydrogen-bond donors (Lipinski definition) is 1. The third-order valence-corrected chi connectivity index (χ3v) is 4.68. The number of hydrogen-bond acceptors (Lipinski definition) is 5. The van der Waals surface area contributed by atoms with Gasteiger partial charge in [-0.3, -0.25) is 14.9 Å². The first kappa shape index (κ1) is 17.9. The highest BCUT2D eigenvalue weighted by molar-refractivity contribution is 7.14. The summed E-state index contributed by atoms with van der Waals surface area (Å²) in [5.41, 5.74) is 2.58. The van der Waals surface area contributed by atoms with Gasteiger partial charge in [0.15, 0.2) is 10.9 Å². The Bertz CT molecular complexity index is 902. The smallest absolute Gasteiger partial charge is 0.293 e. The van der Waals surface area contributed by atoms with E-state index in [1.54, 1.807) is 22.4 Å². The molecule has 0 radical (unpaired) electrons. The number of nitrogens with zero attached hydrogens (tertiary/aromatic N) is 2. The summed E-state index contributed by atoms with van der Waals surface area (Å²) in [6.07, 6.45) is 1.61. The molecular formula is C19H19N3O3S. The molecule has 0 spiro atoms. The van der Waals surface area contributed by atoms with Crippen LogP contribution in [0.15, 0.2) is 52.5 Å². The summed E-state index contributed by atoms with van der Waals surface area (Å²) in [4.78, 5) is 30.7. The van der Waals surface area contributed by atoms with Crippen LogP contribution in [0, 0.1) is 6.92 Å². The van der Waals surface area contributed by atoms with Gasteiger partial charge in [-0.15, -0.1) is 11.3 Å². The number of aromatic nitrogens is 1.